The normalized spacial score (nSPS) is 8.80. The number of hydrogen-bond donors (Lipinski definition) is 0. The maximum Gasteiger partial charge on any atom is 0.130 e. The van der Waals surface area contributed by atoms with Gasteiger partial charge >= 0.3 is 0 Å². The number of halogens is 1. The summed E-state index contributed by atoms with van der Waals surface area (Å²) in [4.78, 5) is 0.950. The Morgan fingerprint density at radius 2 is 2.07 bits per heavy atom. The molecule has 0 spiro atoms. The molecule has 1 aromatic carbocycles. The van der Waals surface area contributed by atoms with Crippen LogP contribution >= 0.6 is 23.4 Å². The van der Waals surface area contributed by atoms with E-state index in [9.17, 15) is 0 Å². The third kappa shape index (κ3) is 2.76. The Hall–Kier alpha value is -1.42. The second-order valence-corrected chi connectivity index (χ2v) is 3.89. The first-order valence-electron chi connectivity index (χ1n) is 4.07. The van der Waals surface area contributed by atoms with E-state index in [0.29, 0.717) is 5.02 Å². The fraction of sp³-hybridized carbons (Fsp3) is 0.0909. The summed E-state index contributed by atoms with van der Waals surface area (Å²) in [6.07, 6.45) is 3.43. The second kappa shape index (κ2) is 5.46. The monoisotopic (exact) mass is 234 g/mol. The molecule has 15 heavy (non-hydrogen) atoms. The molecular formula is C11H7ClN2S. The van der Waals surface area contributed by atoms with Gasteiger partial charge in [-0.2, -0.15) is 10.5 Å². The Bertz CT molecular complexity index is 464. The summed E-state index contributed by atoms with van der Waals surface area (Å²) in [5, 5.41) is 17.8. The lowest BCUT2D eigenvalue weighted by molar-refractivity contribution is 1.41. The Kier molecular flexibility index (Phi) is 4.24. The van der Waals surface area contributed by atoms with Gasteiger partial charge in [0, 0.05) is 15.5 Å². The molecule has 1 aromatic rings. The molecule has 0 radical (unpaired) electrons. The molecule has 0 atom stereocenters. The quantitative estimate of drug-likeness (QED) is 0.581. The summed E-state index contributed by atoms with van der Waals surface area (Å²) in [5.74, 6) is 0. The molecule has 2 nitrogen and oxygen atoms in total. The maximum atomic E-state index is 8.65. The van der Waals surface area contributed by atoms with E-state index >= 15 is 0 Å². The van der Waals surface area contributed by atoms with Crippen LogP contribution in [0.3, 0.4) is 0 Å². The van der Waals surface area contributed by atoms with Crippen molar-refractivity contribution in [2.24, 2.45) is 0 Å². The van der Waals surface area contributed by atoms with Crippen molar-refractivity contribution in [1.82, 2.24) is 0 Å². The Labute approximate surface area is 97.8 Å². The second-order valence-electron chi connectivity index (χ2n) is 2.64. The van der Waals surface area contributed by atoms with Crippen LogP contribution in [0.1, 0.15) is 5.56 Å². The topological polar surface area (TPSA) is 47.6 Å². The van der Waals surface area contributed by atoms with Crippen molar-refractivity contribution in [1.29, 1.82) is 10.5 Å². The molecule has 0 aliphatic carbocycles. The predicted octanol–water partition coefficient (Wildman–Crippen LogP) is 3.49. The van der Waals surface area contributed by atoms with E-state index < -0.39 is 0 Å². The third-order valence-corrected chi connectivity index (χ3v) is 2.89. The molecule has 0 unspecified atom stereocenters. The molecule has 4 heteroatoms. The van der Waals surface area contributed by atoms with Crippen molar-refractivity contribution >= 4 is 29.4 Å². The van der Waals surface area contributed by atoms with Gasteiger partial charge < -0.3 is 0 Å². The van der Waals surface area contributed by atoms with Crippen molar-refractivity contribution < 1.29 is 0 Å². The van der Waals surface area contributed by atoms with Gasteiger partial charge in [-0.05, 0) is 24.5 Å². The average Bonchev–Trinajstić information content (AvgIpc) is 2.27. The van der Waals surface area contributed by atoms with Crippen LogP contribution in [0.5, 0.6) is 0 Å². The van der Waals surface area contributed by atoms with Gasteiger partial charge in [0.2, 0.25) is 0 Å². The van der Waals surface area contributed by atoms with E-state index in [1.54, 1.807) is 6.07 Å². The van der Waals surface area contributed by atoms with Crippen LogP contribution in [0.15, 0.2) is 28.7 Å². The lowest BCUT2D eigenvalue weighted by Crippen LogP contribution is -1.82. The molecule has 0 N–H and O–H groups in total. The molecule has 0 amide bonds. The lowest BCUT2D eigenvalue weighted by Gasteiger charge is -2.04. The number of thioether (sulfide) groups is 1. The third-order valence-electron chi connectivity index (χ3n) is 1.76. The minimum Gasteiger partial charge on any atom is -0.192 e. The van der Waals surface area contributed by atoms with Gasteiger partial charge in [0.1, 0.15) is 17.7 Å². The van der Waals surface area contributed by atoms with Crippen molar-refractivity contribution in [3.05, 3.63) is 34.4 Å². The Morgan fingerprint density at radius 1 is 1.40 bits per heavy atom. The van der Waals surface area contributed by atoms with Crippen molar-refractivity contribution in [2.45, 2.75) is 4.90 Å². The average molecular weight is 235 g/mol. The van der Waals surface area contributed by atoms with Gasteiger partial charge in [-0.15, -0.1) is 11.8 Å². The van der Waals surface area contributed by atoms with Crippen molar-refractivity contribution in [2.75, 3.05) is 6.26 Å². The highest BCUT2D eigenvalue weighted by Gasteiger charge is 2.04. The van der Waals surface area contributed by atoms with E-state index in [2.05, 4.69) is 0 Å². The minimum atomic E-state index is 0.0541. The highest BCUT2D eigenvalue weighted by molar-refractivity contribution is 7.98. The maximum absolute atomic E-state index is 8.65. The van der Waals surface area contributed by atoms with Crippen LogP contribution in [0.25, 0.3) is 6.08 Å². The molecule has 0 fully saturated rings. The number of rotatable bonds is 2. The molecule has 1 rings (SSSR count). The summed E-state index contributed by atoms with van der Waals surface area (Å²) in [6.45, 7) is 0. The largest absolute Gasteiger partial charge is 0.192 e. The number of nitrogens with zero attached hydrogens (tertiary/aromatic N) is 2. The van der Waals surface area contributed by atoms with Crippen LogP contribution in [0, 0.1) is 22.7 Å². The zero-order valence-corrected chi connectivity index (χ0v) is 9.56. The van der Waals surface area contributed by atoms with Gasteiger partial charge in [0.15, 0.2) is 0 Å². The zero-order chi connectivity index (χ0) is 11.3. The predicted molar refractivity (Wildman–Crippen MR) is 62.4 cm³/mol. The summed E-state index contributed by atoms with van der Waals surface area (Å²) in [7, 11) is 0. The van der Waals surface area contributed by atoms with Crippen LogP contribution in [0.4, 0.5) is 0 Å². The first-order chi connectivity index (χ1) is 7.22. The summed E-state index contributed by atoms with van der Waals surface area (Å²) < 4.78 is 0. The molecule has 0 aliphatic heterocycles. The van der Waals surface area contributed by atoms with Crippen molar-refractivity contribution in [3.63, 3.8) is 0 Å². The van der Waals surface area contributed by atoms with E-state index in [-0.39, 0.29) is 5.57 Å². The fourth-order valence-corrected chi connectivity index (χ4v) is 1.96. The molecule has 0 aliphatic rings. The smallest absolute Gasteiger partial charge is 0.130 e. The molecule has 0 saturated carbocycles. The highest BCUT2D eigenvalue weighted by Crippen LogP contribution is 2.28. The Morgan fingerprint density at radius 3 is 2.60 bits per heavy atom. The first-order valence-corrected chi connectivity index (χ1v) is 5.67. The highest BCUT2D eigenvalue weighted by atomic mass is 35.5. The van der Waals surface area contributed by atoms with Gasteiger partial charge in [0.25, 0.3) is 0 Å². The van der Waals surface area contributed by atoms with E-state index in [0.717, 1.165) is 10.5 Å². The van der Waals surface area contributed by atoms with Crippen LogP contribution in [-0.4, -0.2) is 6.26 Å². The molecular weight excluding hydrogens is 228 g/mol. The molecule has 0 bridgehead atoms. The van der Waals surface area contributed by atoms with E-state index in [4.69, 9.17) is 22.1 Å². The minimum absolute atomic E-state index is 0.0541. The summed E-state index contributed by atoms with van der Waals surface area (Å²) in [6, 6.07) is 9.09. The molecule has 0 heterocycles. The van der Waals surface area contributed by atoms with Crippen molar-refractivity contribution in [3.8, 4) is 12.1 Å². The fourth-order valence-electron chi connectivity index (χ4n) is 1.07. The number of nitriles is 2. The van der Waals surface area contributed by atoms with Gasteiger partial charge in [-0.1, -0.05) is 17.7 Å². The van der Waals surface area contributed by atoms with Crippen LogP contribution in [-0.2, 0) is 0 Å². The Balaban J connectivity index is 3.32. The number of hydrogen-bond acceptors (Lipinski definition) is 3. The van der Waals surface area contributed by atoms with Crippen LogP contribution in [0.2, 0.25) is 5.02 Å². The van der Waals surface area contributed by atoms with Gasteiger partial charge in [-0.3, -0.25) is 0 Å². The van der Waals surface area contributed by atoms with E-state index in [1.165, 1.54) is 17.8 Å². The van der Waals surface area contributed by atoms with Crippen LogP contribution < -0.4 is 0 Å². The number of benzene rings is 1. The van der Waals surface area contributed by atoms with E-state index in [1.807, 2.05) is 30.5 Å². The van der Waals surface area contributed by atoms with Gasteiger partial charge in [-0.25, -0.2) is 0 Å². The standard InChI is InChI=1S/C11H7ClN2S/c1-15-11-4-2-3-10(12)9(11)5-8(6-13)7-14/h2-5H,1H3. The molecule has 74 valence electrons. The lowest BCUT2D eigenvalue weighted by atomic mass is 10.1. The molecule has 0 aromatic heterocycles. The molecule has 0 saturated heterocycles. The number of allylic oxidation sites excluding steroid dienone is 1. The SMILES string of the molecule is CSc1cccc(Cl)c1C=C(C#N)C#N. The first kappa shape index (κ1) is 11.7. The summed E-state index contributed by atoms with van der Waals surface area (Å²) >= 11 is 7.51. The zero-order valence-electron chi connectivity index (χ0n) is 7.99. The van der Waals surface area contributed by atoms with Gasteiger partial charge in [0.05, 0.1) is 0 Å². The summed E-state index contributed by atoms with van der Waals surface area (Å²) in [5.41, 5.74) is 0.781.